The second-order valence-corrected chi connectivity index (χ2v) is 7.99. The quantitative estimate of drug-likeness (QED) is 0.187. The van der Waals surface area contributed by atoms with Crippen LogP contribution in [-0.2, 0) is 4.74 Å². The predicted octanol–water partition coefficient (Wildman–Crippen LogP) is 8.84. The SMILES string of the molecule is CCCCCCCCCCCCCCCCOC(CC)CCCCC. The molecule has 0 saturated carbocycles. The third-order valence-electron chi connectivity index (χ3n) is 5.44. The largest absolute Gasteiger partial charge is 0.378 e. The smallest absolute Gasteiger partial charge is 0.0572 e. The van der Waals surface area contributed by atoms with E-state index in [4.69, 9.17) is 4.74 Å². The summed E-state index contributed by atoms with van der Waals surface area (Å²) in [6.45, 7) is 7.82. The third kappa shape index (κ3) is 20.1. The Morgan fingerprint density at radius 1 is 0.480 bits per heavy atom. The molecule has 0 fully saturated rings. The van der Waals surface area contributed by atoms with Gasteiger partial charge >= 0.3 is 0 Å². The Labute approximate surface area is 160 Å². The highest BCUT2D eigenvalue weighted by molar-refractivity contribution is 4.56. The average molecular weight is 355 g/mol. The lowest BCUT2D eigenvalue weighted by atomic mass is 10.0. The van der Waals surface area contributed by atoms with Gasteiger partial charge in [-0.2, -0.15) is 0 Å². The maximum absolute atomic E-state index is 6.04. The minimum Gasteiger partial charge on any atom is -0.378 e. The Morgan fingerprint density at radius 3 is 1.32 bits per heavy atom. The second-order valence-electron chi connectivity index (χ2n) is 7.99. The molecule has 0 aliphatic rings. The van der Waals surface area contributed by atoms with E-state index in [2.05, 4.69) is 20.8 Å². The number of hydrogen-bond acceptors (Lipinski definition) is 1. The Morgan fingerprint density at radius 2 is 0.880 bits per heavy atom. The van der Waals surface area contributed by atoms with Crippen LogP contribution in [0, 0.1) is 0 Å². The third-order valence-corrected chi connectivity index (χ3v) is 5.44. The zero-order chi connectivity index (χ0) is 18.4. The molecule has 25 heavy (non-hydrogen) atoms. The van der Waals surface area contributed by atoms with Crippen LogP contribution >= 0.6 is 0 Å². The van der Waals surface area contributed by atoms with Crippen LogP contribution in [0.25, 0.3) is 0 Å². The normalized spacial score (nSPS) is 12.6. The molecule has 152 valence electrons. The van der Waals surface area contributed by atoms with Gasteiger partial charge in [-0.15, -0.1) is 0 Å². The Hall–Kier alpha value is -0.0400. The molecule has 1 nitrogen and oxygen atoms in total. The number of rotatable bonds is 21. The summed E-state index contributed by atoms with van der Waals surface area (Å²) in [7, 11) is 0. The van der Waals surface area contributed by atoms with Gasteiger partial charge in [-0.25, -0.2) is 0 Å². The molecule has 0 heterocycles. The van der Waals surface area contributed by atoms with Gasteiger partial charge in [0.2, 0.25) is 0 Å². The molecule has 0 aliphatic heterocycles. The first kappa shape index (κ1) is 25.0. The summed E-state index contributed by atoms with van der Waals surface area (Å²) in [5.74, 6) is 0. The summed E-state index contributed by atoms with van der Waals surface area (Å²) in [5.41, 5.74) is 0. The van der Waals surface area contributed by atoms with Crippen LogP contribution in [0.1, 0.15) is 143 Å². The van der Waals surface area contributed by atoms with Crippen LogP contribution in [-0.4, -0.2) is 12.7 Å². The van der Waals surface area contributed by atoms with Gasteiger partial charge in [-0.05, 0) is 19.3 Å². The van der Waals surface area contributed by atoms with Gasteiger partial charge in [-0.3, -0.25) is 0 Å². The topological polar surface area (TPSA) is 9.23 Å². The van der Waals surface area contributed by atoms with Crippen molar-refractivity contribution in [2.45, 2.75) is 149 Å². The van der Waals surface area contributed by atoms with Gasteiger partial charge in [-0.1, -0.05) is 124 Å². The maximum Gasteiger partial charge on any atom is 0.0572 e. The molecule has 0 aromatic rings. The standard InChI is InChI=1S/C24H50O/c1-4-7-9-10-11-12-13-14-15-16-17-18-19-21-23-25-24(6-3)22-20-8-5-2/h24H,4-23H2,1-3H3. The monoisotopic (exact) mass is 354 g/mol. The van der Waals surface area contributed by atoms with Crippen LogP contribution in [0.2, 0.25) is 0 Å². The molecule has 0 aliphatic carbocycles. The number of ether oxygens (including phenoxy) is 1. The van der Waals surface area contributed by atoms with E-state index < -0.39 is 0 Å². The van der Waals surface area contributed by atoms with Crippen LogP contribution in [0.4, 0.5) is 0 Å². The molecule has 0 amide bonds. The van der Waals surface area contributed by atoms with E-state index in [9.17, 15) is 0 Å². The highest BCUT2D eigenvalue weighted by Crippen LogP contribution is 2.14. The van der Waals surface area contributed by atoms with Gasteiger partial charge in [0.05, 0.1) is 6.10 Å². The predicted molar refractivity (Wildman–Crippen MR) is 114 cm³/mol. The van der Waals surface area contributed by atoms with Crippen LogP contribution in [0.15, 0.2) is 0 Å². The van der Waals surface area contributed by atoms with Gasteiger partial charge in [0.15, 0.2) is 0 Å². The van der Waals surface area contributed by atoms with Crippen molar-refractivity contribution in [2.24, 2.45) is 0 Å². The van der Waals surface area contributed by atoms with E-state index in [1.54, 1.807) is 0 Å². The minimum absolute atomic E-state index is 0.522. The maximum atomic E-state index is 6.04. The molecule has 0 radical (unpaired) electrons. The van der Waals surface area contributed by atoms with Gasteiger partial charge < -0.3 is 4.74 Å². The summed E-state index contributed by atoms with van der Waals surface area (Å²) in [5, 5.41) is 0. The van der Waals surface area contributed by atoms with Crippen molar-refractivity contribution in [1.82, 2.24) is 0 Å². The lowest BCUT2D eigenvalue weighted by molar-refractivity contribution is 0.0407. The van der Waals surface area contributed by atoms with Crippen molar-refractivity contribution < 1.29 is 4.74 Å². The zero-order valence-corrected chi connectivity index (χ0v) is 18.1. The van der Waals surface area contributed by atoms with Gasteiger partial charge in [0.25, 0.3) is 0 Å². The van der Waals surface area contributed by atoms with E-state index in [-0.39, 0.29) is 0 Å². The number of hydrogen-bond donors (Lipinski definition) is 0. The van der Waals surface area contributed by atoms with Crippen LogP contribution in [0.5, 0.6) is 0 Å². The first-order valence-corrected chi connectivity index (χ1v) is 12.0. The van der Waals surface area contributed by atoms with Crippen LogP contribution in [0.3, 0.4) is 0 Å². The summed E-state index contributed by atoms with van der Waals surface area (Å²) < 4.78 is 6.04. The second kappa shape index (κ2) is 22.0. The summed E-state index contributed by atoms with van der Waals surface area (Å²) in [4.78, 5) is 0. The summed E-state index contributed by atoms with van der Waals surface area (Å²) in [6, 6.07) is 0. The molecular formula is C24H50O. The highest BCUT2D eigenvalue weighted by Gasteiger charge is 2.05. The molecule has 1 unspecified atom stereocenters. The molecule has 0 rings (SSSR count). The minimum atomic E-state index is 0.522. The van der Waals surface area contributed by atoms with Gasteiger partial charge in [0.1, 0.15) is 0 Å². The number of unbranched alkanes of at least 4 members (excludes halogenated alkanes) is 15. The molecule has 0 aromatic heterocycles. The molecule has 1 heteroatoms. The zero-order valence-electron chi connectivity index (χ0n) is 18.1. The van der Waals surface area contributed by atoms with E-state index in [1.165, 1.54) is 122 Å². The van der Waals surface area contributed by atoms with Gasteiger partial charge in [0, 0.05) is 6.61 Å². The van der Waals surface area contributed by atoms with Crippen molar-refractivity contribution in [3.63, 3.8) is 0 Å². The fourth-order valence-corrected chi connectivity index (χ4v) is 3.57. The van der Waals surface area contributed by atoms with E-state index in [1.807, 2.05) is 0 Å². The Bertz CT molecular complexity index is 226. The first-order valence-electron chi connectivity index (χ1n) is 12.0. The molecule has 0 N–H and O–H groups in total. The Balaban J connectivity index is 3.15. The fourth-order valence-electron chi connectivity index (χ4n) is 3.57. The molecule has 0 bridgehead atoms. The Kier molecular flexibility index (Phi) is 22.0. The average Bonchev–Trinajstić information content (AvgIpc) is 2.63. The van der Waals surface area contributed by atoms with E-state index >= 15 is 0 Å². The molecular weight excluding hydrogens is 304 g/mol. The van der Waals surface area contributed by atoms with Crippen molar-refractivity contribution in [2.75, 3.05) is 6.61 Å². The van der Waals surface area contributed by atoms with Crippen molar-refractivity contribution in [3.05, 3.63) is 0 Å². The first-order chi connectivity index (χ1) is 12.3. The summed E-state index contributed by atoms with van der Waals surface area (Å²) >= 11 is 0. The summed E-state index contributed by atoms with van der Waals surface area (Å²) in [6.07, 6.45) is 27.0. The van der Waals surface area contributed by atoms with E-state index in [0.717, 1.165) is 6.61 Å². The molecule has 0 spiro atoms. The lowest BCUT2D eigenvalue weighted by Crippen LogP contribution is -2.12. The van der Waals surface area contributed by atoms with Crippen molar-refractivity contribution in [3.8, 4) is 0 Å². The fraction of sp³-hybridized carbons (Fsp3) is 1.00. The molecule has 0 saturated heterocycles. The lowest BCUT2D eigenvalue weighted by Gasteiger charge is -2.15. The van der Waals surface area contributed by atoms with Crippen molar-refractivity contribution in [1.29, 1.82) is 0 Å². The highest BCUT2D eigenvalue weighted by atomic mass is 16.5. The molecule has 0 aromatic carbocycles. The van der Waals surface area contributed by atoms with Crippen LogP contribution < -0.4 is 0 Å². The van der Waals surface area contributed by atoms with Crippen molar-refractivity contribution >= 4 is 0 Å². The van der Waals surface area contributed by atoms with E-state index in [0.29, 0.717) is 6.10 Å². The molecule has 1 atom stereocenters.